The van der Waals surface area contributed by atoms with Gasteiger partial charge >= 0.3 is 6.03 Å². The van der Waals surface area contributed by atoms with Crippen molar-refractivity contribution in [3.05, 3.63) is 35.9 Å². The molecule has 5 nitrogen and oxygen atoms in total. The van der Waals surface area contributed by atoms with Gasteiger partial charge in [-0.05, 0) is 45.7 Å². The van der Waals surface area contributed by atoms with E-state index in [1.54, 1.807) is 17.0 Å². The molecule has 21 heavy (non-hydrogen) atoms. The lowest BCUT2D eigenvalue weighted by molar-refractivity contribution is 0.0423. The van der Waals surface area contributed by atoms with Gasteiger partial charge in [-0.1, -0.05) is 18.2 Å². The summed E-state index contributed by atoms with van der Waals surface area (Å²) in [6.45, 7) is 7.21. The molecule has 1 N–H and O–H groups in total. The van der Waals surface area contributed by atoms with Crippen LogP contribution in [-0.2, 0) is 0 Å². The highest BCUT2D eigenvalue weighted by Crippen LogP contribution is 2.16. The Kier molecular flexibility index (Phi) is 4.50. The molecular formula is C16H23N3O2. The largest absolute Gasteiger partial charge is 0.336 e. The van der Waals surface area contributed by atoms with Crippen LogP contribution in [0, 0.1) is 0 Å². The van der Waals surface area contributed by atoms with Crippen LogP contribution in [0.3, 0.4) is 0 Å². The van der Waals surface area contributed by atoms with Gasteiger partial charge in [0.1, 0.15) is 0 Å². The molecule has 114 valence electrons. The van der Waals surface area contributed by atoms with E-state index in [-0.39, 0.29) is 11.9 Å². The predicted octanol–water partition coefficient (Wildman–Crippen LogP) is 2.65. The van der Waals surface area contributed by atoms with E-state index in [9.17, 15) is 9.59 Å². The summed E-state index contributed by atoms with van der Waals surface area (Å²) < 4.78 is 0. The standard InChI is InChI=1S/C16H23N3O2/c1-16(2,3)19(14(20)13-9-5-4-6-10-13)17-15(21)18-11-7-8-12-18/h4-6,9-10H,7-8,11-12H2,1-3H3,(H,17,21). The Balaban J connectivity index is 2.15. The molecule has 5 heteroatoms. The lowest BCUT2D eigenvalue weighted by Crippen LogP contribution is -2.58. The van der Waals surface area contributed by atoms with E-state index >= 15 is 0 Å². The van der Waals surface area contributed by atoms with Gasteiger partial charge in [-0.3, -0.25) is 4.79 Å². The first-order chi connectivity index (χ1) is 9.89. The van der Waals surface area contributed by atoms with Crippen molar-refractivity contribution < 1.29 is 9.59 Å². The Bertz CT molecular complexity index is 502. The topological polar surface area (TPSA) is 52.7 Å². The first-order valence-electron chi connectivity index (χ1n) is 7.35. The maximum Gasteiger partial charge on any atom is 0.336 e. The third kappa shape index (κ3) is 3.74. The van der Waals surface area contributed by atoms with E-state index in [1.807, 2.05) is 39.0 Å². The third-order valence-electron chi connectivity index (χ3n) is 3.50. The normalized spacial score (nSPS) is 14.9. The monoisotopic (exact) mass is 289 g/mol. The number of nitrogens with one attached hydrogen (secondary N) is 1. The molecule has 1 heterocycles. The van der Waals surface area contributed by atoms with Crippen LogP contribution < -0.4 is 5.43 Å². The Labute approximate surface area is 125 Å². The molecule has 0 unspecified atom stereocenters. The number of hydrazine groups is 1. The van der Waals surface area contributed by atoms with Crippen molar-refractivity contribution in [2.24, 2.45) is 0 Å². The molecule has 1 aliphatic heterocycles. The maximum atomic E-state index is 12.6. The Morgan fingerprint density at radius 2 is 1.67 bits per heavy atom. The minimum atomic E-state index is -0.498. The fourth-order valence-electron chi connectivity index (χ4n) is 2.32. The summed E-state index contributed by atoms with van der Waals surface area (Å²) in [5.41, 5.74) is 2.83. The van der Waals surface area contributed by atoms with Crippen LogP contribution in [-0.4, -0.2) is 40.5 Å². The molecule has 1 aromatic rings. The van der Waals surface area contributed by atoms with Crippen LogP contribution in [0.1, 0.15) is 44.0 Å². The second-order valence-corrected chi connectivity index (χ2v) is 6.29. The molecule has 1 aliphatic rings. The number of likely N-dealkylation sites (tertiary alicyclic amines) is 1. The molecule has 0 aromatic heterocycles. The minimum Gasteiger partial charge on any atom is -0.323 e. The predicted molar refractivity (Wildman–Crippen MR) is 81.7 cm³/mol. The van der Waals surface area contributed by atoms with Gasteiger partial charge in [0.2, 0.25) is 0 Å². The zero-order chi connectivity index (χ0) is 15.5. The lowest BCUT2D eigenvalue weighted by atomic mass is 10.1. The summed E-state index contributed by atoms with van der Waals surface area (Å²) in [6, 6.07) is 8.80. The van der Waals surface area contributed by atoms with Crippen molar-refractivity contribution in [3.8, 4) is 0 Å². The Morgan fingerprint density at radius 1 is 1.10 bits per heavy atom. The summed E-state index contributed by atoms with van der Waals surface area (Å²) in [5, 5.41) is 1.42. The van der Waals surface area contributed by atoms with Gasteiger partial charge in [-0.15, -0.1) is 0 Å². The van der Waals surface area contributed by atoms with Gasteiger partial charge in [-0.2, -0.15) is 0 Å². The number of urea groups is 1. The average Bonchev–Trinajstić information content (AvgIpc) is 2.98. The number of hydrogen-bond donors (Lipinski definition) is 1. The quantitative estimate of drug-likeness (QED) is 0.808. The molecule has 1 fully saturated rings. The van der Waals surface area contributed by atoms with Gasteiger partial charge in [0.05, 0.1) is 5.54 Å². The molecule has 2 rings (SSSR count). The van der Waals surface area contributed by atoms with Gasteiger partial charge in [0, 0.05) is 18.7 Å². The SMILES string of the molecule is CC(C)(C)N(NC(=O)N1CCCC1)C(=O)c1ccccc1. The first kappa shape index (κ1) is 15.4. The number of amides is 3. The van der Waals surface area contributed by atoms with Gasteiger partial charge < -0.3 is 4.90 Å². The van der Waals surface area contributed by atoms with E-state index in [0.717, 1.165) is 25.9 Å². The summed E-state index contributed by atoms with van der Waals surface area (Å²) in [6.07, 6.45) is 2.05. The number of rotatable bonds is 1. The second kappa shape index (κ2) is 6.16. The Morgan fingerprint density at radius 3 is 2.19 bits per heavy atom. The highest BCUT2D eigenvalue weighted by molar-refractivity contribution is 5.95. The summed E-state index contributed by atoms with van der Waals surface area (Å²) in [4.78, 5) is 26.6. The molecule has 1 saturated heterocycles. The van der Waals surface area contributed by atoms with E-state index in [4.69, 9.17) is 0 Å². The Hall–Kier alpha value is -2.04. The molecule has 1 aromatic carbocycles. The van der Waals surface area contributed by atoms with E-state index < -0.39 is 5.54 Å². The summed E-state index contributed by atoms with van der Waals surface area (Å²) >= 11 is 0. The molecule has 0 spiro atoms. The molecule has 0 atom stereocenters. The van der Waals surface area contributed by atoms with Crippen molar-refractivity contribution in [1.29, 1.82) is 0 Å². The zero-order valence-corrected chi connectivity index (χ0v) is 12.9. The highest BCUT2D eigenvalue weighted by atomic mass is 16.2. The van der Waals surface area contributed by atoms with Crippen LogP contribution in [0.2, 0.25) is 0 Å². The molecule has 0 saturated carbocycles. The first-order valence-corrected chi connectivity index (χ1v) is 7.35. The summed E-state index contributed by atoms with van der Waals surface area (Å²) in [7, 11) is 0. The van der Waals surface area contributed by atoms with Crippen LogP contribution in [0.5, 0.6) is 0 Å². The van der Waals surface area contributed by atoms with Crippen molar-refractivity contribution in [2.45, 2.75) is 39.2 Å². The number of nitrogens with zero attached hydrogens (tertiary/aromatic N) is 2. The number of carbonyl (C=O) groups excluding carboxylic acids is 2. The van der Waals surface area contributed by atoms with Gasteiger partial charge in [-0.25, -0.2) is 15.2 Å². The van der Waals surface area contributed by atoms with Crippen LogP contribution in [0.25, 0.3) is 0 Å². The third-order valence-corrected chi connectivity index (χ3v) is 3.50. The van der Waals surface area contributed by atoms with Gasteiger partial charge in [0.15, 0.2) is 0 Å². The number of carbonyl (C=O) groups is 2. The van der Waals surface area contributed by atoms with Crippen molar-refractivity contribution in [1.82, 2.24) is 15.3 Å². The van der Waals surface area contributed by atoms with Crippen molar-refractivity contribution in [3.63, 3.8) is 0 Å². The van der Waals surface area contributed by atoms with E-state index in [0.29, 0.717) is 5.56 Å². The molecule has 0 radical (unpaired) electrons. The minimum absolute atomic E-state index is 0.198. The highest BCUT2D eigenvalue weighted by Gasteiger charge is 2.31. The smallest absolute Gasteiger partial charge is 0.323 e. The molecule has 0 bridgehead atoms. The average molecular weight is 289 g/mol. The van der Waals surface area contributed by atoms with Crippen LogP contribution in [0.15, 0.2) is 30.3 Å². The zero-order valence-electron chi connectivity index (χ0n) is 12.9. The molecule has 3 amide bonds. The van der Waals surface area contributed by atoms with Crippen molar-refractivity contribution in [2.75, 3.05) is 13.1 Å². The molecule has 0 aliphatic carbocycles. The lowest BCUT2D eigenvalue weighted by Gasteiger charge is -2.36. The van der Waals surface area contributed by atoms with Crippen LogP contribution in [0.4, 0.5) is 4.79 Å². The number of benzene rings is 1. The second-order valence-electron chi connectivity index (χ2n) is 6.29. The summed E-state index contributed by atoms with van der Waals surface area (Å²) in [5.74, 6) is -0.198. The number of hydrogen-bond acceptors (Lipinski definition) is 2. The van der Waals surface area contributed by atoms with Gasteiger partial charge in [0.25, 0.3) is 5.91 Å². The van der Waals surface area contributed by atoms with E-state index in [1.165, 1.54) is 5.01 Å². The fourth-order valence-corrected chi connectivity index (χ4v) is 2.32. The maximum absolute atomic E-state index is 12.6. The van der Waals surface area contributed by atoms with Crippen molar-refractivity contribution >= 4 is 11.9 Å². The van der Waals surface area contributed by atoms with E-state index in [2.05, 4.69) is 5.43 Å². The van der Waals surface area contributed by atoms with Crippen LogP contribution >= 0.6 is 0 Å². The fraction of sp³-hybridized carbons (Fsp3) is 0.500. The molecular weight excluding hydrogens is 266 g/mol.